The van der Waals surface area contributed by atoms with Crippen LogP contribution >= 0.6 is 0 Å². The van der Waals surface area contributed by atoms with Crippen LogP contribution in [0.15, 0.2) is 0 Å². The summed E-state index contributed by atoms with van der Waals surface area (Å²) in [5.74, 6) is 0. The van der Waals surface area contributed by atoms with E-state index < -0.39 is 0 Å². The van der Waals surface area contributed by atoms with Gasteiger partial charge in [0, 0.05) is 11.6 Å². The van der Waals surface area contributed by atoms with Gasteiger partial charge < -0.3 is 5.32 Å². The van der Waals surface area contributed by atoms with Crippen LogP contribution in [0, 0.1) is 0 Å². The fraction of sp³-hybridized carbons (Fsp3) is 1.00. The second-order valence-electron chi connectivity index (χ2n) is 6.15. The second kappa shape index (κ2) is 8.97. The van der Waals surface area contributed by atoms with Gasteiger partial charge in [0.15, 0.2) is 0 Å². The van der Waals surface area contributed by atoms with Gasteiger partial charge >= 0.3 is 0 Å². The first-order chi connectivity index (χ1) is 9.25. The molecule has 1 N–H and O–H groups in total. The maximum atomic E-state index is 3.88. The Morgan fingerprint density at radius 1 is 1.00 bits per heavy atom. The van der Waals surface area contributed by atoms with Gasteiger partial charge in [0.2, 0.25) is 0 Å². The quantitative estimate of drug-likeness (QED) is 0.639. The van der Waals surface area contributed by atoms with Crippen LogP contribution in [0.1, 0.15) is 79.1 Å². The molecule has 2 nitrogen and oxygen atoms in total. The van der Waals surface area contributed by atoms with Crippen LogP contribution < -0.4 is 5.32 Å². The zero-order valence-corrected chi connectivity index (χ0v) is 13.8. The summed E-state index contributed by atoms with van der Waals surface area (Å²) in [5, 5.41) is 3.88. The van der Waals surface area contributed by atoms with Crippen molar-refractivity contribution in [3.05, 3.63) is 0 Å². The second-order valence-corrected chi connectivity index (χ2v) is 6.15. The van der Waals surface area contributed by atoms with Crippen molar-refractivity contribution in [2.75, 3.05) is 19.6 Å². The van der Waals surface area contributed by atoms with E-state index in [9.17, 15) is 0 Å². The van der Waals surface area contributed by atoms with Crippen molar-refractivity contribution in [2.45, 2.75) is 90.6 Å². The van der Waals surface area contributed by atoms with Crippen LogP contribution in [0.4, 0.5) is 0 Å². The lowest BCUT2D eigenvalue weighted by molar-refractivity contribution is 0.0577. The molecule has 1 unspecified atom stereocenters. The molecule has 0 bridgehead atoms. The molecular weight excluding hydrogens is 232 g/mol. The molecule has 1 heterocycles. The zero-order chi connectivity index (χ0) is 14.1. The van der Waals surface area contributed by atoms with Crippen molar-refractivity contribution < 1.29 is 0 Å². The summed E-state index contributed by atoms with van der Waals surface area (Å²) in [6.07, 6.45) is 10.6. The Bertz CT molecular complexity index is 209. The lowest BCUT2D eigenvalue weighted by atomic mass is 9.80. The highest BCUT2D eigenvalue weighted by molar-refractivity contribution is 5.00. The van der Waals surface area contributed by atoms with E-state index in [0.29, 0.717) is 11.6 Å². The number of rotatable bonds is 10. The Balaban J connectivity index is 2.81. The molecule has 0 amide bonds. The van der Waals surface area contributed by atoms with Crippen LogP contribution in [0.25, 0.3) is 0 Å². The molecule has 2 heteroatoms. The van der Waals surface area contributed by atoms with Crippen LogP contribution in [0.3, 0.4) is 0 Å². The SMILES string of the molecule is CCCCC(NCCC)C(CC)(CC)N1CCCC1. The van der Waals surface area contributed by atoms with Crippen molar-refractivity contribution in [1.82, 2.24) is 10.2 Å². The third kappa shape index (κ3) is 4.19. The molecule has 0 aromatic rings. The minimum absolute atomic E-state index is 0.404. The summed E-state index contributed by atoms with van der Waals surface area (Å²) in [6, 6.07) is 0.681. The summed E-state index contributed by atoms with van der Waals surface area (Å²) >= 11 is 0. The van der Waals surface area contributed by atoms with Gasteiger partial charge in [0.05, 0.1) is 0 Å². The molecule has 0 aromatic carbocycles. The number of unbranched alkanes of at least 4 members (excludes halogenated alkanes) is 1. The fourth-order valence-electron chi connectivity index (χ4n) is 3.86. The molecule has 1 rings (SSSR count). The first-order valence-electron chi connectivity index (χ1n) is 8.73. The number of hydrogen-bond donors (Lipinski definition) is 1. The lowest BCUT2D eigenvalue weighted by Gasteiger charge is -2.47. The lowest BCUT2D eigenvalue weighted by Crippen LogP contribution is -2.60. The molecule has 0 aliphatic carbocycles. The molecule has 1 saturated heterocycles. The standard InChI is InChI=1S/C17H36N2/c1-5-9-12-16(18-13-6-2)17(7-3,8-4)19-14-10-11-15-19/h16,18H,5-15H2,1-4H3. The highest BCUT2D eigenvalue weighted by atomic mass is 15.2. The van der Waals surface area contributed by atoms with Gasteiger partial charge in [-0.2, -0.15) is 0 Å². The molecular formula is C17H36N2. The molecule has 0 aromatic heterocycles. The molecule has 19 heavy (non-hydrogen) atoms. The van der Waals surface area contributed by atoms with Crippen molar-refractivity contribution >= 4 is 0 Å². The van der Waals surface area contributed by atoms with Crippen LogP contribution in [0.5, 0.6) is 0 Å². The van der Waals surface area contributed by atoms with E-state index >= 15 is 0 Å². The molecule has 1 aliphatic rings. The summed E-state index contributed by atoms with van der Waals surface area (Å²) in [6.45, 7) is 13.2. The monoisotopic (exact) mass is 268 g/mol. The molecule has 1 atom stereocenters. The van der Waals surface area contributed by atoms with Gasteiger partial charge in [-0.05, 0) is 58.2 Å². The Morgan fingerprint density at radius 2 is 1.63 bits per heavy atom. The number of nitrogens with zero attached hydrogens (tertiary/aromatic N) is 1. The van der Waals surface area contributed by atoms with Gasteiger partial charge in [-0.1, -0.05) is 40.5 Å². The van der Waals surface area contributed by atoms with Gasteiger partial charge in [0.1, 0.15) is 0 Å². The highest BCUT2D eigenvalue weighted by Gasteiger charge is 2.41. The molecule has 0 saturated carbocycles. The molecule has 0 radical (unpaired) electrons. The van der Waals surface area contributed by atoms with Crippen molar-refractivity contribution in [2.24, 2.45) is 0 Å². The van der Waals surface area contributed by atoms with Crippen molar-refractivity contribution in [3.63, 3.8) is 0 Å². The number of likely N-dealkylation sites (tertiary alicyclic amines) is 1. The fourth-order valence-corrected chi connectivity index (χ4v) is 3.86. The minimum atomic E-state index is 0.404. The van der Waals surface area contributed by atoms with Gasteiger partial charge in [-0.25, -0.2) is 0 Å². The predicted octanol–water partition coefficient (Wildman–Crippen LogP) is 4.20. The van der Waals surface area contributed by atoms with Gasteiger partial charge in [0.25, 0.3) is 0 Å². The maximum absolute atomic E-state index is 3.88. The van der Waals surface area contributed by atoms with Crippen LogP contribution in [0.2, 0.25) is 0 Å². The van der Waals surface area contributed by atoms with E-state index in [1.165, 1.54) is 71.0 Å². The summed E-state index contributed by atoms with van der Waals surface area (Å²) in [5.41, 5.74) is 0.404. The zero-order valence-electron chi connectivity index (χ0n) is 13.8. The van der Waals surface area contributed by atoms with E-state index in [1.54, 1.807) is 0 Å². The number of nitrogens with one attached hydrogen (secondary N) is 1. The van der Waals surface area contributed by atoms with Crippen LogP contribution in [-0.2, 0) is 0 Å². The Morgan fingerprint density at radius 3 is 2.11 bits per heavy atom. The van der Waals surface area contributed by atoms with Gasteiger partial charge in [-0.15, -0.1) is 0 Å². The highest BCUT2D eigenvalue weighted by Crippen LogP contribution is 2.33. The Labute approximate surface area is 121 Å². The average Bonchev–Trinajstić information content (AvgIpc) is 2.97. The third-order valence-corrected chi connectivity index (χ3v) is 5.10. The molecule has 0 spiro atoms. The normalized spacial score (nSPS) is 18.9. The smallest absolute Gasteiger partial charge is 0.0357 e. The van der Waals surface area contributed by atoms with Crippen LogP contribution in [-0.4, -0.2) is 36.1 Å². The van der Waals surface area contributed by atoms with Crippen molar-refractivity contribution in [1.29, 1.82) is 0 Å². The Hall–Kier alpha value is -0.0800. The molecule has 1 fully saturated rings. The molecule has 1 aliphatic heterocycles. The van der Waals surface area contributed by atoms with E-state index in [1.807, 2.05) is 0 Å². The predicted molar refractivity (Wildman–Crippen MR) is 85.7 cm³/mol. The van der Waals surface area contributed by atoms with Gasteiger partial charge in [-0.3, -0.25) is 4.90 Å². The third-order valence-electron chi connectivity index (χ3n) is 5.10. The van der Waals surface area contributed by atoms with E-state index in [2.05, 4.69) is 37.9 Å². The number of hydrogen-bond acceptors (Lipinski definition) is 2. The minimum Gasteiger partial charge on any atom is -0.312 e. The topological polar surface area (TPSA) is 15.3 Å². The van der Waals surface area contributed by atoms with E-state index in [0.717, 1.165) is 0 Å². The summed E-state index contributed by atoms with van der Waals surface area (Å²) < 4.78 is 0. The first kappa shape index (κ1) is 17.0. The largest absolute Gasteiger partial charge is 0.312 e. The average molecular weight is 268 g/mol. The summed E-state index contributed by atoms with van der Waals surface area (Å²) in [4.78, 5) is 2.80. The first-order valence-corrected chi connectivity index (χ1v) is 8.73. The Kier molecular flexibility index (Phi) is 8.01. The van der Waals surface area contributed by atoms with E-state index in [4.69, 9.17) is 0 Å². The van der Waals surface area contributed by atoms with Crippen molar-refractivity contribution in [3.8, 4) is 0 Å². The summed E-state index contributed by atoms with van der Waals surface area (Å²) in [7, 11) is 0. The van der Waals surface area contributed by atoms with E-state index in [-0.39, 0.29) is 0 Å². The maximum Gasteiger partial charge on any atom is 0.0357 e. The molecule has 114 valence electrons.